The van der Waals surface area contributed by atoms with Gasteiger partial charge in [-0.15, -0.1) is 11.3 Å². The Labute approximate surface area is 165 Å². The number of methoxy groups -OCH3 is 2. The minimum atomic E-state index is -0.181. The lowest BCUT2D eigenvalue weighted by molar-refractivity contribution is -0.118. The monoisotopic (exact) mass is 401 g/mol. The van der Waals surface area contributed by atoms with Crippen molar-refractivity contribution in [2.24, 2.45) is 5.10 Å². The maximum atomic E-state index is 12.1. The van der Waals surface area contributed by atoms with Crippen molar-refractivity contribution in [3.63, 3.8) is 0 Å². The zero-order chi connectivity index (χ0) is 19.2. The summed E-state index contributed by atoms with van der Waals surface area (Å²) in [6, 6.07) is 13.4. The molecule has 0 aliphatic rings. The van der Waals surface area contributed by atoms with Gasteiger partial charge in [0.05, 0.1) is 35.9 Å². The van der Waals surface area contributed by atoms with Crippen LogP contribution in [0.5, 0.6) is 11.5 Å². The summed E-state index contributed by atoms with van der Waals surface area (Å²) in [5.74, 6) is 1.33. The van der Waals surface area contributed by atoms with E-state index in [-0.39, 0.29) is 11.7 Å². The first-order chi connectivity index (χ1) is 13.1. The number of aromatic nitrogens is 1. The molecule has 0 bridgehead atoms. The van der Waals surface area contributed by atoms with Gasteiger partial charge < -0.3 is 9.47 Å². The Morgan fingerprint density at radius 2 is 1.96 bits per heavy atom. The number of para-hydroxylation sites is 1. The van der Waals surface area contributed by atoms with E-state index in [4.69, 9.17) is 9.47 Å². The predicted molar refractivity (Wildman–Crippen MR) is 110 cm³/mol. The molecule has 1 aromatic heterocycles. The summed E-state index contributed by atoms with van der Waals surface area (Å²) in [6.45, 7) is 1.82. The van der Waals surface area contributed by atoms with Gasteiger partial charge >= 0.3 is 0 Å². The fourth-order valence-corrected chi connectivity index (χ4v) is 4.21. The van der Waals surface area contributed by atoms with E-state index in [2.05, 4.69) is 15.5 Å². The Morgan fingerprint density at radius 3 is 2.70 bits per heavy atom. The third kappa shape index (κ3) is 4.78. The second kappa shape index (κ2) is 8.88. The van der Waals surface area contributed by atoms with Crippen LogP contribution in [-0.4, -0.2) is 36.6 Å². The number of thioether (sulfide) groups is 1. The molecule has 3 rings (SSSR count). The smallest absolute Gasteiger partial charge is 0.250 e. The number of fused-ring (bicyclic) bond motifs is 1. The van der Waals surface area contributed by atoms with E-state index in [9.17, 15) is 4.79 Å². The molecule has 2 aromatic carbocycles. The van der Waals surface area contributed by atoms with E-state index in [1.165, 1.54) is 11.8 Å². The van der Waals surface area contributed by atoms with Gasteiger partial charge in [-0.05, 0) is 37.3 Å². The van der Waals surface area contributed by atoms with Crippen molar-refractivity contribution < 1.29 is 14.3 Å². The molecule has 0 unspecified atom stereocenters. The highest BCUT2D eigenvalue weighted by Crippen LogP contribution is 2.29. The van der Waals surface area contributed by atoms with Crippen molar-refractivity contribution >= 4 is 44.9 Å². The van der Waals surface area contributed by atoms with Crippen molar-refractivity contribution in [1.29, 1.82) is 0 Å². The zero-order valence-electron chi connectivity index (χ0n) is 15.2. The molecule has 0 fully saturated rings. The van der Waals surface area contributed by atoms with E-state index in [1.807, 2.05) is 43.3 Å². The Morgan fingerprint density at radius 1 is 1.19 bits per heavy atom. The number of amides is 1. The van der Waals surface area contributed by atoms with Crippen LogP contribution >= 0.6 is 23.1 Å². The van der Waals surface area contributed by atoms with E-state index in [0.717, 1.165) is 20.1 Å². The molecule has 3 aromatic rings. The number of benzene rings is 2. The largest absolute Gasteiger partial charge is 0.493 e. The average molecular weight is 402 g/mol. The fraction of sp³-hybridized carbons (Fsp3) is 0.211. The predicted octanol–water partition coefficient (Wildman–Crippen LogP) is 3.95. The van der Waals surface area contributed by atoms with E-state index >= 15 is 0 Å². The lowest BCUT2D eigenvalue weighted by atomic mass is 10.1. The molecule has 0 radical (unpaired) electrons. The summed E-state index contributed by atoms with van der Waals surface area (Å²) in [6.07, 6.45) is 0. The lowest BCUT2D eigenvalue weighted by Crippen LogP contribution is -2.21. The molecular weight excluding hydrogens is 382 g/mol. The van der Waals surface area contributed by atoms with Gasteiger partial charge in [0.1, 0.15) is 0 Å². The Bertz CT molecular complexity index is 952. The van der Waals surface area contributed by atoms with Crippen LogP contribution in [0.1, 0.15) is 12.5 Å². The number of thiazole rings is 1. The lowest BCUT2D eigenvalue weighted by Gasteiger charge is -2.09. The van der Waals surface area contributed by atoms with Crippen LogP contribution < -0.4 is 14.9 Å². The quantitative estimate of drug-likeness (QED) is 0.369. The molecule has 6 nitrogen and oxygen atoms in total. The third-order valence-electron chi connectivity index (χ3n) is 3.75. The van der Waals surface area contributed by atoms with Gasteiger partial charge in [-0.2, -0.15) is 5.10 Å². The van der Waals surface area contributed by atoms with Gasteiger partial charge in [-0.1, -0.05) is 23.9 Å². The van der Waals surface area contributed by atoms with Gasteiger partial charge in [0, 0.05) is 5.56 Å². The van der Waals surface area contributed by atoms with Crippen LogP contribution in [0.4, 0.5) is 0 Å². The van der Waals surface area contributed by atoms with Crippen LogP contribution in [0.3, 0.4) is 0 Å². The second-order valence-corrected chi connectivity index (χ2v) is 7.79. The highest BCUT2D eigenvalue weighted by atomic mass is 32.2. The first-order valence-electron chi connectivity index (χ1n) is 8.14. The molecule has 1 heterocycles. The van der Waals surface area contributed by atoms with Gasteiger partial charge in [0.2, 0.25) is 0 Å². The molecule has 0 saturated carbocycles. The third-order valence-corrected chi connectivity index (χ3v) is 5.93. The van der Waals surface area contributed by atoms with Gasteiger partial charge in [-0.3, -0.25) is 4.79 Å². The minimum absolute atomic E-state index is 0.181. The summed E-state index contributed by atoms with van der Waals surface area (Å²) in [7, 11) is 3.16. The average Bonchev–Trinajstić information content (AvgIpc) is 3.12. The maximum absolute atomic E-state index is 12.1. The fourth-order valence-electron chi connectivity index (χ4n) is 2.34. The van der Waals surface area contributed by atoms with E-state index in [0.29, 0.717) is 17.2 Å². The van der Waals surface area contributed by atoms with Gasteiger partial charge in [0.25, 0.3) is 5.91 Å². The number of hydrazone groups is 1. The Balaban J connectivity index is 1.58. The molecule has 0 aliphatic heterocycles. The van der Waals surface area contributed by atoms with Crippen LogP contribution in [0.2, 0.25) is 0 Å². The van der Waals surface area contributed by atoms with Crippen molar-refractivity contribution in [1.82, 2.24) is 10.4 Å². The van der Waals surface area contributed by atoms with Crippen LogP contribution in [0.15, 0.2) is 51.9 Å². The molecule has 8 heteroatoms. The summed E-state index contributed by atoms with van der Waals surface area (Å²) >= 11 is 2.98. The topological polar surface area (TPSA) is 72.8 Å². The molecule has 1 N–H and O–H groups in total. The number of rotatable bonds is 7. The molecule has 1 amide bonds. The first-order valence-corrected chi connectivity index (χ1v) is 9.95. The molecule has 0 saturated heterocycles. The van der Waals surface area contributed by atoms with Gasteiger partial charge in [0.15, 0.2) is 15.8 Å². The number of nitrogens with one attached hydrogen (secondary N) is 1. The highest BCUT2D eigenvalue weighted by Gasteiger charge is 2.09. The van der Waals surface area contributed by atoms with Crippen molar-refractivity contribution in [2.45, 2.75) is 11.3 Å². The molecule has 27 heavy (non-hydrogen) atoms. The number of carbonyl (C=O) groups excluding carboxylic acids is 1. The summed E-state index contributed by atoms with van der Waals surface area (Å²) < 4.78 is 12.5. The summed E-state index contributed by atoms with van der Waals surface area (Å²) in [5.41, 5.74) is 5.05. The molecule has 0 spiro atoms. The van der Waals surface area contributed by atoms with E-state index < -0.39 is 0 Å². The molecule has 0 atom stereocenters. The maximum Gasteiger partial charge on any atom is 0.250 e. The standard InChI is InChI=1S/C19H19N3O3S2/c1-12(13-8-9-15(24-2)16(10-13)25-3)21-22-18(23)11-26-19-20-14-6-4-5-7-17(14)27-19/h4-10H,11H2,1-3H3,(H,22,23)/b21-12-. The van der Waals surface area contributed by atoms with Crippen LogP contribution in [-0.2, 0) is 4.79 Å². The summed E-state index contributed by atoms with van der Waals surface area (Å²) in [5, 5.41) is 4.17. The zero-order valence-corrected chi connectivity index (χ0v) is 16.8. The molecule has 0 aliphatic carbocycles. The van der Waals surface area contributed by atoms with Crippen molar-refractivity contribution in [3.8, 4) is 11.5 Å². The second-order valence-electron chi connectivity index (χ2n) is 5.54. The summed E-state index contributed by atoms with van der Waals surface area (Å²) in [4.78, 5) is 16.6. The highest BCUT2D eigenvalue weighted by molar-refractivity contribution is 8.01. The number of ether oxygens (including phenoxy) is 2. The number of hydrogen-bond acceptors (Lipinski definition) is 7. The minimum Gasteiger partial charge on any atom is -0.493 e. The van der Waals surface area contributed by atoms with Crippen molar-refractivity contribution in [3.05, 3.63) is 48.0 Å². The number of hydrogen-bond donors (Lipinski definition) is 1. The van der Waals surface area contributed by atoms with Crippen molar-refractivity contribution in [2.75, 3.05) is 20.0 Å². The van der Waals surface area contributed by atoms with Gasteiger partial charge in [-0.25, -0.2) is 10.4 Å². The Hall–Kier alpha value is -2.58. The number of nitrogens with zero attached hydrogens (tertiary/aromatic N) is 2. The SMILES string of the molecule is COc1ccc(/C(C)=N\NC(=O)CSc2nc3ccccc3s2)cc1OC. The van der Waals surface area contributed by atoms with Crippen LogP contribution in [0, 0.1) is 0 Å². The Kier molecular flexibility index (Phi) is 6.31. The molecular formula is C19H19N3O3S2. The normalized spacial score (nSPS) is 11.4. The van der Waals surface area contributed by atoms with E-state index in [1.54, 1.807) is 31.6 Å². The van der Waals surface area contributed by atoms with Crippen LogP contribution in [0.25, 0.3) is 10.2 Å². The molecule has 140 valence electrons. The number of carbonyl (C=O) groups is 1. The first kappa shape index (κ1) is 19.2.